The Morgan fingerprint density at radius 3 is 2.72 bits per heavy atom. The summed E-state index contributed by atoms with van der Waals surface area (Å²) < 4.78 is 0.904. The summed E-state index contributed by atoms with van der Waals surface area (Å²) in [6.45, 7) is 1.88. The van der Waals surface area contributed by atoms with E-state index in [1.165, 1.54) is 0 Å². The molecule has 0 unspecified atom stereocenters. The Labute approximate surface area is 119 Å². The molecule has 92 valence electrons. The Bertz CT molecular complexity index is 581. The number of Topliss-reactive ketones (excluding diaryl/α,β-unsaturated/α-hetero) is 1. The maximum Gasteiger partial charge on any atom is 0.169 e. The Hall–Kier alpha value is -1.19. The van der Waals surface area contributed by atoms with Crippen LogP contribution >= 0.6 is 27.5 Å². The van der Waals surface area contributed by atoms with Crippen molar-refractivity contribution in [2.24, 2.45) is 0 Å². The fourth-order valence-corrected chi connectivity index (χ4v) is 2.17. The minimum atomic E-state index is 0.0546. The Morgan fingerprint density at radius 2 is 2.11 bits per heavy atom. The van der Waals surface area contributed by atoms with Gasteiger partial charge in [0.15, 0.2) is 5.78 Å². The number of hydrogen-bond donors (Lipinski definition) is 0. The van der Waals surface area contributed by atoms with Crippen molar-refractivity contribution in [3.05, 3.63) is 62.8 Å². The van der Waals surface area contributed by atoms with E-state index in [0.29, 0.717) is 17.0 Å². The van der Waals surface area contributed by atoms with Crippen LogP contribution in [0.1, 0.15) is 21.6 Å². The highest BCUT2D eigenvalue weighted by Crippen LogP contribution is 2.17. The molecular formula is C14H11BrClNO. The highest BCUT2D eigenvalue weighted by Gasteiger charge is 2.10. The molecule has 2 rings (SSSR count). The number of aromatic nitrogens is 1. The minimum Gasteiger partial charge on any atom is -0.294 e. The average Bonchev–Trinajstić information content (AvgIpc) is 2.32. The summed E-state index contributed by atoms with van der Waals surface area (Å²) in [6.07, 6.45) is 1.99. The van der Waals surface area contributed by atoms with Gasteiger partial charge in [0.2, 0.25) is 0 Å². The topological polar surface area (TPSA) is 30.0 Å². The van der Waals surface area contributed by atoms with Crippen molar-refractivity contribution in [2.45, 2.75) is 13.3 Å². The number of nitrogens with zero attached hydrogens (tertiary/aromatic N) is 1. The van der Waals surface area contributed by atoms with Crippen LogP contribution in [0.15, 0.2) is 41.0 Å². The molecule has 0 amide bonds. The largest absolute Gasteiger partial charge is 0.294 e. The third-order valence-corrected chi connectivity index (χ3v) is 3.32. The van der Waals surface area contributed by atoms with Gasteiger partial charge in [-0.15, -0.1) is 0 Å². The van der Waals surface area contributed by atoms with Crippen molar-refractivity contribution in [1.82, 2.24) is 4.98 Å². The molecule has 0 bridgehead atoms. The van der Waals surface area contributed by atoms with Crippen molar-refractivity contribution in [2.75, 3.05) is 0 Å². The van der Waals surface area contributed by atoms with Crippen LogP contribution in [0.4, 0.5) is 0 Å². The van der Waals surface area contributed by atoms with Crippen molar-refractivity contribution < 1.29 is 4.79 Å². The van der Waals surface area contributed by atoms with Gasteiger partial charge in [0, 0.05) is 26.9 Å². The number of carbonyl (C=O) groups excluding carboxylic acids is 1. The zero-order chi connectivity index (χ0) is 13.1. The lowest BCUT2D eigenvalue weighted by molar-refractivity contribution is 0.0991. The predicted octanol–water partition coefficient (Wildman–Crippen LogP) is 4.23. The first-order valence-electron chi connectivity index (χ1n) is 5.46. The molecule has 1 aromatic heterocycles. The van der Waals surface area contributed by atoms with Crippen LogP contribution < -0.4 is 0 Å². The molecule has 0 aliphatic heterocycles. The number of carbonyl (C=O) groups is 1. The van der Waals surface area contributed by atoms with E-state index in [-0.39, 0.29) is 5.78 Å². The van der Waals surface area contributed by atoms with Crippen molar-refractivity contribution >= 4 is 33.3 Å². The molecule has 0 radical (unpaired) electrons. The smallest absolute Gasteiger partial charge is 0.169 e. The number of hydrogen-bond acceptors (Lipinski definition) is 2. The molecule has 1 aromatic carbocycles. The molecule has 0 aliphatic carbocycles. The Kier molecular flexibility index (Phi) is 4.15. The van der Waals surface area contributed by atoms with Gasteiger partial charge in [0.05, 0.1) is 6.42 Å². The summed E-state index contributed by atoms with van der Waals surface area (Å²) in [6, 6.07) is 9.01. The third-order valence-electron chi connectivity index (χ3n) is 2.62. The maximum absolute atomic E-state index is 12.1. The van der Waals surface area contributed by atoms with Crippen LogP contribution in [-0.2, 0) is 6.42 Å². The molecule has 0 atom stereocenters. The molecule has 4 heteroatoms. The van der Waals surface area contributed by atoms with Crippen LogP contribution in [0.25, 0.3) is 0 Å². The second kappa shape index (κ2) is 5.63. The summed E-state index contributed by atoms with van der Waals surface area (Å²) >= 11 is 9.18. The molecule has 0 saturated carbocycles. The van der Waals surface area contributed by atoms with E-state index >= 15 is 0 Å². The standard InChI is InChI=1S/C14H11BrClNO/c1-9-6-11(16)3-5-13(9)14(18)7-12-4-2-10(15)8-17-12/h2-6,8H,7H2,1H3. The van der Waals surface area contributed by atoms with Crippen molar-refractivity contribution in [3.63, 3.8) is 0 Å². The number of rotatable bonds is 3. The van der Waals surface area contributed by atoms with Crippen LogP contribution in [0.2, 0.25) is 5.02 Å². The van der Waals surface area contributed by atoms with E-state index in [0.717, 1.165) is 15.7 Å². The molecule has 0 spiro atoms. The predicted molar refractivity (Wildman–Crippen MR) is 76.2 cm³/mol. The molecule has 2 aromatic rings. The average molecular weight is 325 g/mol. The summed E-state index contributed by atoms with van der Waals surface area (Å²) in [5.74, 6) is 0.0546. The van der Waals surface area contributed by atoms with E-state index in [1.54, 1.807) is 24.4 Å². The second-order valence-corrected chi connectivity index (χ2v) is 5.38. The van der Waals surface area contributed by atoms with E-state index in [9.17, 15) is 4.79 Å². The molecule has 0 N–H and O–H groups in total. The van der Waals surface area contributed by atoms with E-state index in [4.69, 9.17) is 11.6 Å². The van der Waals surface area contributed by atoms with Crippen LogP contribution in [0.3, 0.4) is 0 Å². The van der Waals surface area contributed by atoms with Gasteiger partial charge in [0.25, 0.3) is 0 Å². The molecule has 0 fully saturated rings. The van der Waals surface area contributed by atoms with Gasteiger partial charge in [-0.1, -0.05) is 11.6 Å². The fraction of sp³-hybridized carbons (Fsp3) is 0.143. The molecule has 0 saturated heterocycles. The Balaban J connectivity index is 2.19. The SMILES string of the molecule is Cc1cc(Cl)ccc1C(=O)Cc1ccc(Br)cn1. The number of pyridine rings is 1. The van der Waals surface area contributed by atoms with Gasteiger partial charge in [-0.05, 0) is 58.7 Å². The highest BCUT2D eigenvalue weighted by atomic mass is 79.9. The molecule has 1 heterocycles. The van der Waals surface area contributed by atoms with Crippen LogP contribution in [0.5, 0.6) is 0 Å². The zero-order valence-electron chi connectivity index (χ0n) is 9.78. The number of ketones is 1. The molecule has 0 aliphatic rings. The summed E-state index contributed by atoms with van der Waals surface area (Å²) in [4.78, 5) is 16.3. The summed E-state index contributed by atoms with van der Waals surface area (Å²) in [7, 11) is 0. The lowest BCUT2D eigenvalue weighted by Crippen LogP contribution is -2.06. The molecule has 2 nitrogen and oxygen atoms in total. The van der Waals surface area contributed by atoms with Crippen molar-refractivity contribution in [1.29, 1.82) is 0 Å². The first-order chi connectivity index (χ1) is 8.56. The van der Waals surface area contributed by atoms with E-state index < -0.39 is 0 Å². The number of benzene rings is 1. The summed E-state index contributed by atoms with van der Waals surface area (Å²) in [5, 5.41) is 0.644. The minimum absolute atomic E-state index is 0.0546. The first kappa shape index (κ1) is 13.2. The molecular weight excluding hydrogens is 314 g/mol. The summed E-state index contributed by atoms with van der Waals surface area (Å²) in [5.41, 5.74) is 2.35. The van der Waals surface area contributed by atoms with Gasteiger partial charge in [-0.3, -0.25) is 9.78 Å². The lowest BCUT2D eigenvalue weighted by Gasteiger charge is -2.05. The van der Waals surface area contributed by atoms with Gasteiger partial charge in [-0.2, -0.15) is 0 Å². The van der Waals surface area contributed by atoms with E-state index in [2.05, 4.69) is 20.9 Å². The second-order valence-electron chi connectivity index (χ2n) is 4.03. The number of aryl methyl sites for hydroxylation is 1. The zero-order valence-corrected chi connectivity index (χ0v) is 12.1. The Morgan fingerprint density at radius 1 is 1.33 bits per heavy atom. The fourth-order valence-electron chi connectivity index (χ4n) is 1.71. The van der Waals surface area contributed by atoms with Crippen LogP contribution in [-0.4, -0.2) is 10.8 Å². The highest BCUT2D eigenvalue weighted by molar-refractivity contribution is 9.10. The van der Waals surface area contributed by atoms with Crippen LogP contribution in [0, 0.1) is 6.92 Å². The monoisotopic (exact) mass is 323 g/mol. The maximum atomic E-state index is 12.1. The van der Waals surface area contributed by atoms with Gasteiger partial charge < -0.3 is 0 Å². The quantitative estimate of drug-likeness (QED) is 0.791. The first-order valence-corrected chi connectivity index (χ1v) is 6.63. The van der Waals surface area contributed by atoms with Gasteiger partial charge >= 0.3 is 0 Å². The van der Waals surface area contributed by atoms with Crippen molar-refractivity contribution in [3.8, 4) is 0 Å². The van der Waals surface area contributed by atoms with Gasteiger partial charge in [0.1, 0.15) is 0 Å². The molecule has 18 heavy (non-hydrogen) atoms. The van der Waals surface area contributed by atoms with E-state index in [1.807, 2.05) is 19.1 Å². The number of halogens is 2. The lowest BCUT2D eigenvalue weighted by atomic mass is 10.0. The normalized spacial score (nSPS) is 10.4. The van der Waals surface area contributed by atoms with Gasteiger partial charge in [-0.25, -0.2) is 0 Å². The third kappa shape index (κ3) is 3.18.